The smallest absolute Gasteiger partial charge is 0.379 e. The van der Waals surface area contributed by atoms with Crippen LogP contribution in [0.3, 0.4) is 0 Å². The Balaban J connectivity index is 1.48. The number of carbonyl (C=O) groups is 1. The molecule has 39 heavy (non-hydrogen) atoms. The Bertz CT molecular complexity index is 1660. The highest BCUT2D eigenvalue weighted by molar-refractivity contribution is 5.97. The number of para-hydroxylation sites is 1. The van der Waals surface area contributed by atoms with Crippen LogP contribution in [-0.2, 0) is 0 Å². The molecule has 0 aliphatic carbocycles. The first kappa shape index (κ1) is 25.9. The SMILES string of the molecule is CCCCOc1ccccc1C1C(C#N)=C(N)Oc2cc(OC(=O)c3oc4cc(C)c(C)cc4c3C)ccc21. The van der Waals surface area contributed by atoms with Crippen molar-refractivity contribution < 1.29 is 23.4 Å². The summed E-state index contributed by atoms with van der Waals surface area (Å²) in [5, 5.41) is 10.8. The third kappa shape index (κ3) is 4.82. The van der Waals surface area contributed by atoms with Crippen LogP contribution in [0.5, 0.6) is 17.2 Å². The van der Waals surface area contributed by atoms with Gasteiger partial charge in [0.05, 0.1) is 12.5 Å². The summed E-state index contributed by atoms with van der Waals surface area (Å²) in [4.78, 5) is 13.1. The molecule has 0 amide bonds. The summed E-state index contributed by atoms with van der Waals surface area (Å²) in [5.74, 6) is 0.401. The molecule has 2 heterocycles. The first-order valence-electron chi connectivity index (χ1n) is 13.0. The Hall–Kier alpha value is -4.70. The number of allylic oxidation sites excluding steroid dienone is 1. The average molecular weight is 523 g/mol. The molecule has 1 atom stereocenters. The molecule has 0 spiro atoms. The van der Waals surface area contributed by atoms with Crippen molar-refractivity contribution in [3.8, 4) is 23.3 Å². The molecule has 1 aliphatic heterocycles. The van der Waals surface area contributed by atoms with Crippen molar-refractivity contribution >= 4 is 16.9 Å². The number of ether oxygens (including phenoxy) is 3. The van der Waals surface area contributed by atoms with Crippen molar-refractivity contribution in [2.45, 2.75) is 46.5 Å². The van der Waals surface area contributed by atoms with E-state index in [2.05, 4.69) is 13.0 Å². The molecular weight excluding hydrogens is 492 g/mol. The molecular formula is C32H30N2O5. The molecule has 1 aliphatic rings. The third-order valence-corrected chi connectivity index (χ3v) is 7.12. The standard InChI is InChI=1S/C32H30N2O5/c1-5-6-13-36-26-10-8-7-9-22(26)29-23-12-11-21(16-28(23)39-31(34)25(29)17-33)37-32(35)30-20(4)24-14-18(2)19(3)15-27(24)38-30/h7-12,14-16,29H,5-6,13,34H2,1-4H3. The van der Waals surface area contributed by atoms with Crippen molar-refractivity contribution in [2.24, 2.45) is 5.73 Å². The van der Waals surface area contributed by atoms with Gasteiger partial charge in [-0.25, -0.2) is 4.79 Å². The van der Waals surface area contributed by atoms with Crippen LogP contribution in [0.4, 0.5) is 0 Å². The minimum absolute atomic E-state index is 0.000654. The third-order valence-electron chi connectivity index (χ3n) is 7.12. The molecule has 0 fully saturated rings. The molecule has 7 nitrogen and oxygen atoms in total. The Labute approximate surface area is 227 Å². The van der Waals surface area contributed by atoms with Crippen LogP contribution in [0, 0.1) is 32.1 Å². The molecule has 0 saturated carbocycles. The van der Waals surface area contributed by atoms with Gasteiger partial charge in [-0.05, 0) is 62.6 Å². The summed E-state index contributed by atoms with van der Waals surface area (Å²) >= 11 is 0. The van der Waals surface area contributed by atoms with E-state index in [9.17, 15) is 10.1 Å². The van der Waals surface area contributed by atoms with E-state index in [1.165, 1.54) is 0 Å². The Kier molecular flexibility index (Phi) is 7.03. The number of fused-ring (bicyclic) bond motifs is 2. The number of rotatable bonds is 7. The van der Waals surface area contributed by atoms with Gasteiger partial charge in [-0.2, -0.15) is 5.26 Å². The predicted molar refractivity (Wildman–Crippen MR) is 148 cm³/mol. The number of nitrogens with zero attached hydrogens (tertiary/aromatic N) is 1. The Morgan fingerprint density at radius 1 is 1.05 bits per heavy atom. The quantitative estimate of drug-likeness (QED) is 0.159. The molecule has 7 heteroatoms. The Morgan fingerprint density at radius 2 is 1.82 bits per heavy atom. The topological polar surface area (TPSA) is 108 Å². The van der Waals surface area contributed by atoms with Crippen LogP contribution in [0.25, 0.3) is 11.0 Å². The fraction of sp³-hybridized carbons (Fsp3) is 0.250. The van der Waals surface area contributed by atoms with Gasteiger partial charge in [0.1, 0.15) is 34.5 Å². The number of esters is 1. The zero-order valence-electron chi connectivity index (χ0n) is 22.5. The van der Waals surface area contributed by atoms with E-state index >= 15 is 0 Å². The maximum atomic E-state index is 13.1. The minimum atomic E-state index is -0.609. The normalized spacial score (nSPS) is 14.5. The molecule has 198 valence electrons. The van der Waals surface area contributed by atoms with Crippen molar-refractivity contribution in [1.82, 2.24) is 0 Å². The molecule has 3 aromatic carbocycles. The fourth-order valence-electron chi connectivity index (χ4n) is 4.82. The zero-order valence-corrected chi connectivity index (χ0v) is 22.5. The van der Waals surface area contributed by atoms with Gasteiger partial charge in [-0.3, -0.25) is 0 Å². The van der Waals surface area contributed by atoms with Crippen LogP contribution in [0.2, 0.25) is 0 Å². The number of nitrogens with two attached hydrogens (primary N) is 1. The van der Waals surface area contributed by atoms with Gasteiger partial charge in [-0.15, -0.1) is 0 Å². The summed E-state index contributed by atoms with van der Waals surface area (Å²) in [6.45, 7) is 8.53. The van der Waals surface area contributed by atoms with Gasteiger partial charge in [0.15, 0.2) is 0 Å². The number of nitriles is 1. The van der Waals surface area contributed by atoms with Crippen molar-refractivity contribution in [3.05, 3.63) is 99.6 Å². The van der Waals surface area contributed by atoms with E-state index in [4.69, 9.17) is 24.4 Å². The van der Waals surface area contributed by atoms with E-state index in [1.807, 2.05) is 57.2 Å². The lowest BCUT2D eigenvalue weighted by molar-refractivity contribution is 0.0702. The van der Waals surface area contributed by atoms with Crippen LogP contribution >= 0.6 is 0 Å². The van der Waals surface area contributed by atoms with E-state index in [0.717, 1.165) is 46.0 Å². The van der Waals surface area contributed by atoms with Gasteiger partial charge in [0.25, 0.3) is 0 Å². The van der Waals surface area contributed by atoms with E-state index in [0.29, 0.717) is 29.3 Å². The predicted octanol–water partition coefficient (Wildman–Crippen LogP) is 6.97. The lowest BCUT2D eigenvalue weighted by Gasteiger charge is -2.28. The average Bonchev–Trinajstić information content (AvgIpc) is 3.23. The molecule has 1 unspecified atom stereocenters. The lowest BCUT2D eigenvalue weighted by atomic mass is 9.83. The highest BCUT2D eigenvalue weighted by Gasteiger charge is 2.33. The maximum absolute atomic E-state index is 13.1. The first-order chi connectivity index (χ1) is 18.8. The largest absolute Gasteiger partial charge is 0.493 e. The molecule has 0 radical (unpaired) electrons. The minimum Gasteiger partial charge on any atom is -0.493 e. The number of hydrogen-bond donors (Lipinski definition) is 1. The van der Waals surface area contributed by atoms with Crippen molar-refractivity contribution in [3.63, 3.8) is 0 Å². The van der Waals surface area contributed by atoms with Gasteiger partial charge < -0.3 is 24.4 Å². The summed E-state index contributed by atoms with van der Waals surface area (Å²) in [7, 11) is 0. The summed E-state index contributed by atoms with van der Waals surface area (Å²) < 4.78 is 23.5. The second-order valence-electron chi connectivity index (χ2n) is 9.74. The number of aryl methyl sites for hydroxylation is 3. The van der Waals surface area contributed by atoms with Crippen LogP contribution in [0.15, 0.2) is 70.5 Å². The lowest BCUT2D eigenvalue weighted by Crippen LogP contribution is -2.21. The second kappa shape index (κ2) is 10.6. The molecule has 4 aromatic rings. The fourth-order valence-corrected chi connectivity index (χ4v) is 4.82. The molecule has 0 saturated heterocycles. The van der Waals surface area contributed by atoms with E-state index in [1.54, 1.807) is 18.2 Å². The molecule has 2 N–H and O–H groups in total. The van der Waals surface area contributed by atoms with Crippen LogP contribution < -0.4 is 19.9 Å². The number of carbonyl (C=O) groups excluding carboxylic acids is 1. The molecule has 0 bridgehead atoms. The second-order valence-corrected chi connectivity index (χ2v) is 9.74. The molecule has 1 aromatic heterocycles. The van der Waals surface area contributed by atoms with Gasteiger partial charge >= 0.3 is 5.97 Å². The van der Waals surface area contributed by atoms with Gasteiger partial charge in [-0.1, -0.05) is 37.6 Å². The van der Waals surface area contributed by atoms with Crippen molar-refractivity contribution in [2.75, 3.05) is 6.61 Å². The van der Waals surface area contributed by atoms with Gasteiger partial charge in [0, 0.05) is 28.1 Å². The first-order valence-corrected chi connectivity index (χ1v) is 13.0. The van der Waals surface area contributed by atoms with Crippen molar-refractivity contribution in [1.29, 1.82) is 5.26 Å². The van der Waals surface area contributed by atoms with Gasteiger partial charge in [0.2, 0.25) is 11.6 Å². The highest BCUT2D eigenvalue weighted by atomic mass is 16.5. The zero-order chi connectivity index (χ0) is 27.7. The summed E-state index contributed by atoms with van der Waals surface area (Å²) in [5.41, 5.74) is 11.6. The van der Waals surface area contributed by atoms with E-state index < -0.39 is 11.9 Å². The number of hydrogen-bond acceptors (Lipinski definition) is 7. The maximum Gasteiger partial charge on any atom is 0.379 e. The summed E-state index contributed by atoms with van der Waals surface area (Å²) in [6.07, 6.45) is 1.92. The van der Waals surface area contributed by atoms with E-state index in [-0.39, 0.29) is 17.4 Å². The number of benzene rings is 3. The summed E-state index contributed by atoms with van der Waals surface area (Å²) in [6, 6.07) is 18.8. The number of unbranched alkanes of at least 4 members (excludes halogenated alkanes) is 1. The monoisotopic (exact) mass is 522 g/mol. The Morgan fingerprint density at radius 3 is 2.59 bits per heavy atom. The molecule has 5 rings (SSSR count). The number of furan rings is 1. The van der Waals surface area contributed by atoms with Crippen LogP contribution in [0.1, 0.15) is 64.1 Å². The van der Waals surface area contributed by atoms with Crippen LogP contribution in [-0.4, -0.2) is 12.6 Å². The highest BCUT2D eigenvalue weighted by Crippen LogP contribution is 2.46.